The van der Waals surface area contributed by atoms with Gasteiger partial charge < -0.3 is 20.4 Å². The van der Waals surface area contributed by atoms with Gasteiger partial charge >= 0.3 is 0 Å². The quantitative estimate of drug-likeness (QED) is 0.292. The van der Waals surface area contributed by atoms with E-state index in [2.05, 4.69) is 20.8 Å². The second-order valence-corrected chi connectivity index (χ2v) is 13.0. The molecule has 4 amide bonds. The normalized spacial score (nSPS) is 21.2. The van der Waals surface area contributed by atoms with Crippen LogP contribution in [0.5, 0.6) is 0 Å². The summed E-state index contributed by atoms with van der Waals surface area (Å²) in [5, 5.41) is 13.5. The first-order valence-corrected chi connectivity index (χ1v) is 16.4. The molecule has 0 spiro atoms. The molecular formula is C35H40N6O4. The Morgan fingerprint density at radius 1 is 0.667 bits per heavy atom. The molecule has 45 heavy (non-hydrogen) atoms. The molecule has 2 saturated heterocycles. The molecule has 0 bridgehead atoms. The van der Waals surface area contributed by atoms with Crippen LogP contribution in [0.4, 0.5) is 11.4 Å². The summed E-state index contributed by atoms with van der Waals surface area (Å²) in [7, 11) is 0. The van der Waals surface area contributed by atoms with Crippen molar-refractivity contribution in [2.45, 2.75) is 76.3 Å². The van der Waals surface area contributed by atoms with Crippen LogP contribution in [0.1, 0.15) is 64.2 Å². The first-order chi connectivity index (χ1) is 21.9. The van der Waals surface area contributed by atoms with Crippen molar-refractivity contribution < 1.29 is 19.2 Å². The van der Waals surface area contributed by atoms with Gasteiger partial charge in [0.25, 0.3) is 0 Å². The molecule has 1 aromatic heterocycles. The molecule has 4 aliphatic rings. The molecule has 2 aliphatic heterocycles. The van der Waals surface area contributed by atoms with Crippen LogP contribution in [0.15, 0.2) is 54.6 Å². The van der Waals surface area contributed by atoms with Crippen molar-refractivity contribution >= 4 is 35.0 Å². The summed E-state index contributed by atoms with van der Waals surface area (Å²) in [6.45, 7) is 1.52. The number of likely N-dealkylation sites (tertiary alicyclic amines) is 2. The number of benzene rings is 2. The maximum atomic E-state index is 12.8. The smallest absolute Gasteiger partial charge is 0.226 e. The number of carbonyl (C=O) groups is 4. The fraction of sp³-hybridized carbons (Fsp3) is 0.457. The summed E-state index contributed by atoms with van der Waals surface area (Å²) in [6.07, 6.45) is 8.26. The number of aromatic nitrogens is 2. The number of carbonyl (C=O) groups excluding carboxylic acids is 4. The number of nitrogens with zero attached hydrogens (tertiary/aromatic N) is 3. The molecule has 234 valence electrons. The minimum absolute atomic E-state index is 0.00226. The predicted molar refractivity (Wildman–Crippen MR) is 171 cm³/mol. The third kappa shape index (κ3) is 6.79. The molecule has 2 aromatic carbocycles. The zero-order chi connectivity index (χ0) is 30.9. The van der Waals surface area contributed by atoms with E-state index in [1.807, 2.05) is 64.4 Å². The summed E-state index contributed by atoms with van der Waals surface area (Å²) in [6, 6.07) is 17.2. The van der Waals surface area contributed by atoms with Gasteiger partial charge in [-0.05, 0) is 87.3 Å². The van der Waals surface area contributed by atoms with Gasteiger partial charge in [-0.25, -0.2) is 0 Å². The van der Waals surface area contributed by atoms with Crippen molar-refractivity contribution in [1.29, 1.82) is 0 Å². The molecule has 3 N–H and O–H groups in total. The standard InChI is InChI=1S/C35H40N6O4/c42-32(19-28-3-1-17-40(28)34(44)24-5-6-24)36-26-13-9-22(10-14-26)30-21-31(39-38-30)23-11-15-27(16-12-23)37-33(43)20-29-4-2-18-41(29)35(45)25-7-8-25/h9-16,21,24-25,28-29H,1-8,17-20H2,(H,36,42)(H,37,43)(H,38,39)/t28-,29-/m0/s1. The Hall–Kier alpha value is -4.47. The lowest BCUT2D eigenvalue weighted by Gasteiger charge is -2.24. The van der Waals surface area contributed by atoms with Crippen LogP contribution in [0, 0.1) is 11.8 Å². The van der Waals surface area contributed by atoms with Crippen LogP contribution >= 0.6 is 0 Å². The first-order valence-electron chi connectivity index (χ1n) is 16.4. The predicted octanol–water partition coefficient (Wildman–Crippen LogP) is 5.20. The highest BCUT2D eigenvalue weighted by Gasteiger charge is 2.40. The number of rotatable bonds is 10. The van der Waals surface area contributed by atoms with Gasteiger partial charge in [0.1, 0.15) is 0 Å². The maximum absolute atomic E-state index is 12.8. The number of nitrogens with one attached hydrogen (secondary N) is 3. The first kappa shape index (κ1) is 29.3. The molecule has 4 fully saturated rings. The average Bonchev–Trinajstić information content (AvgIpc) is 3.93. The maximum Gasteiger partial charge on any atom is 0.226 e. The minimum atomic E-state index is -0.0749. The van der Waals surface area contributed by atoms with Gasteiger partial charge in [-0.15, -0.1) is 0 Å². The van der Waals surface area contributed by atoms with Gasteiger partial charge in [0.15, 0.2) is 0 Å². The van der Waals surface area contributed by atoms with E-state index < -0.39 is 0 Å². The summed E-state index contributed by atoms with van der Waals surface area (Å²) in [5.74, 6) is 0.659. The van der Waals surface area contributed by atoms with Crippen molar-refractivity contribution in [2.75, 3.05) is 23.7 Å². The van der Waals surface area contributed by atoms with Crippen molar-refractivity contribution in [3.63, 3.8) is 0 Å². The van der Waals surface area contributed by atoms with Gasteiger partial charge in [0, 0.05) is 66.8 Å². The second-order valence-electron chi connectivity index (χ2n) is 13.0. The van der Waals surface area contributed by atoms with E-state index in [1.165, 1.54) is 0 Å². The molecule has 0 unspecified atom stereocenters. The van der Waals surface area contributed by atoms with E-state index in [1.54, 1.807) is 0 Å². The van der Waals surface area contributed by atoms with Crippen molar-refractivity contribution in [1.82, 2.24) is 20.0 Å². The third-order valence-corrected chi connectivity index (χ3v) is 9.54. The molecule has 7 rings (SSSR count). The Bertz CT molecular complexity index is 1460. The van der Waals surface area contributed by atoms with Crippen molar-refractivity contribution in [2.24, 2.45) is 11.8 Å². The Kier molecular flexibility index (Phi) is 8.12. The molecule has 2 saturated carbocycles. The highest BCUT2D eigenvalue weighted by Crippen LogP contribution is 2.35. The minimum Gasteiger partial charge on any atom is -0.339 e. The van der Waals surface area contributed by atoms with Crippen molar-refractivity contribution in [3.8, 4) is 22.5 Å². The van der Waals surface area contributed by atoms with Gasteiger partial charge in [-0.3, -0.25) is 24.3 Å². The molecule has 10 nitrogen and oxygen atoms in total. The van der Waals surface area contributed by atoms with E-state index in [0.717, 1.165) is 87.0 Å². The van der Waals surface area contributed by atoms with Gasteiger partial charge in [-0.2, -0.15) is 5.10 Å². The molecule has 0 radical (unpaired) electrons. The van der Waals surface area contributed by atoms with E-state index >= 15 is 0 Å². The van der Waals surface area contributed by atoms with Crippen LogP contribution in [0.2, 0.25) is 0 Å². The number of amides is 4. The van der Waals surface area contributed by atoms with E-state index in [-0.39, 0.29) is 47.5 Å². The number of aromatic amines is 1. The molecule has 10 heteroatoms. The fourth-order valence-corrected chi connectivity index (χ4v) is 6.73. The van der Waals surface area contributed by atoms with Crippen molar-refractivity contribution in [3.05, 3.63) is 54.6 Å². The molecule has 2 atom stereocenters. The van der Waals surface area contributed by atoms with Gasteiger partial charge in [0.05, 0.1) is 11.4 Å². The Balaban J connectivity index is 0.907. The Morgan fingerprint density at radius 2 is 1.13 bits per heavy atom. The third-order valence-electron chi connectivity index (χ3n) is 9.54. The number of anilines is 2. The monoisotopic (exact) mass is 608 g/mol. The largest absolute Gasteiger partial charge is 0.339 e. The highest BCUT2D eigenvalue weighted by atomic mass is 16.2. The molecule has 2 aliphatic carbocycles. The summed E-state index contributed by atoms with van der Waals surface area (Å²) in [4.78, 5) is 54.4. The van der Waals surface area contributed by atoms with Crippen LogP contribution < -0.4 is 10.6 Å². The topological polar surface area (TPSA) is 127 Å². The summed E-state index contributed by atoms with van der Waals surface area (Å²) >= 11 is 0. The van der Waals surface area contributed by atoms with E-state index in [0.29, 0.717) is 24.2 Å². The number of hydrogen-bond acceptors (Lipinski definition) is 5. The summed E-state index contributed by atoms with van der Waals surface area (Å²) in [5.41, 5.74) is 4.91. The number of H-pyrrole nitrogens is 1. The van der Waals surface area contributed by atoms with Crippen LogP contribution in [0.25, 0.3) is 22.5 Å². The molecule has 3 aromatic rings. The zero-order valence-corrected chi connectivity index (χ0v) is 25.5. The van der Waals surface area contributed by atoms with Crippen LogP contribution in [-0.4, -0.2) is 68.8 Å². The van der Waals surface area contributed by atoms with Crippen LogP contribution in [0.3, 0.4) is 0 Å². The van der Waals surface area contributed by atoms with Crippen LogP contribution in [-0.2, 0) is 19.2 Å². The van der Waals surface area contributed by atoms with E-state index in [9.17, 15) is 19.2 Å². The van der Waals surface area contributed by atoms with Gasteiger partial charge in [0.2, 0.25) is 23.6 Å². The molecular weight excluding hydrogens is 568 g/mol. The molecule has 3 heterocycles. The second kappa shape index (κ2) is 12.5. The van der Waals surface area contributed by atoms with Gasteiger partial charge in [-0.1, -0.05) is 24.3 Å². The fourth-order valence-electron chi connectivity index (χ4n) is 6.73. The summed E-state index contributed by atoms with van der Waals surface area (Å²) < 4.78 is 0. The zero-order valence-electron chi connectivity index (χ0n) is 25.5. The Labute approximate surface area is 262 Å². The SMILES string of the molecule is O=C(C[C@@H]1CCCN1C(=O)C1CC1)Nc1ccc(-c2cc(-c3ccc(NC(=O)C[C@@H]4CCCN4C(=O)C4CC4)cc3)[nH]n2)cc1. The lowest BCUT2D eigenvalue weighted by molar-refractivity contribution is -0.135. The lowest BCUT2D eigenvalue weighted by atomic mass is 10.1. The average molecular weight is 609 g/mol. The Morgan fingerprint density at radius 3 is 1.60 bits per heavy atom. The lowest BCUT2D eigenvalue weighted by Crippen LogP contribution is -2.38. The number of hydrogen-bond donors (Lipinski definition) is 3. The van der Waals surface area contributed by atoms with E-state index in [4.69, 9.17) is 0 Å². The highest BCUT2D eigenvalue weighted by molar-refractivity contribution is 5.93.